The van der Waals surface area contributed by atoms with Crippen molar-refractivity contribution in [1.29, 1.82) is 0 Å². The van der Waals surface area contributed by atoms with Gasteiger partial charge in [-0.05, 0) is 63.2 Å². The summed E-state index contributed by atoms with van der Waals surface area (Å²) in [6, 6.07) is 15.2. The lowest BCUT2D eigenvalue weighted by atomic mass is 10.2. The van der Waals surface area contributed by atoms with E-state index >= 15 is 0 Å². The zero-order valence-electron chi connectivity index (χ0n) is 19.3. The molecule has 35 heavy (non-hydrogen) atoms. The highest BCUT2D eigenvalue weighted by Gasteiger charge is 2.14. The van der Waals surface area contributed by atoms with Gasteiger partial charge in [0.2, 0.25) is 0 Å². The van der Waals surface area contributed by atoms with Crippen molar-refractivity contribution in [2.24, 2.45) is 5.10 Å². The summed E-state index contributed by atoms with van der Waals surface area (Å²) < 4.78 is 7.83. The molecule has 1 N–H and O–H groups in total. The Balaban J connectivity index is 1.49. The molecule has 2 aromatic carbocycles. The lowest BCUT2D eigenvalue weighted by Gasteiger charge is -2.10. The van der Waals surface area contributed by atoms with E-state index in [-0.39, 0.29) is 11.7 Å². The van der Waals surface area contributed by atoms with Crippen LogP contribution in [0.1, 0.15) is 43.9 Å². The number of hydrogen-bond acceptors (Lipinski definition) is 7. The van der Waals surface area contributed by atoms with E-state index in [2.05, 4.69) is 10.5 Å². The fourth-order valence-corrected chi connectivity index (χ4v) is 4.68. The number of esters is 1. The standard InChI is InChI=1S/C25H22N4O5S/c1-4-34-25(31)17-5-7-20(8-6-17)28-15(2)11-19(16(28)3)14-26-27-24(30)23-13-18-12-21(29(32)33)9-10-22(18)35-23/h5-14H,4H2,1-3H3,(H,27,30)/b26-14-. The fraction of sp³-hybridized carbons (Fsp3) is 0.160. The smallest absolute Gasteiger partial charge is 0.338 e. The van der Waals surface area contributed by atoms with Gasteiger partial charge in [0, 0.05) is 44.9 Å². The van der Waals surface area contributed by atoms with Crippen LogP contribution in [0.2, 0.25) is 0 Å². The molecule has 0 bridgehead atoms. The predicted molar refractivity (Wildman–Crippen MR) is 135 cm³/mol. The Kier molecular flexibility index (Phi) is 6.74. The molecule has 0 saturated carbocycles. The van der Waals surface area contributed by atoms with Crippen LogP contribution in [0.3, 0.4) is 0 Å². The number of aromatic nitrogens is 1. The minimum absolute atomic E-state index is 0.0221. The average Bonchev–Trinajstić information content (AvgIpc) is 3.39. The van der Waals surface area contributed by atoms with Crippen molar-refractivity contribution < 1.29 is 19.2 Å². The minimum Gasteiger partial charge on any atom is -0.462 e. The van der Waals surface area contributed by atoms with Gasteiger partial charge in [0.25, 0.3) is 11.6 Å². The van der Waals surface area contributed by atoms with Crippen molar-refractivity contribution >= 4 is 45.2 Å². The van der Waals surface area contributed by atoms with Crippen LogP contribution in [-0.4, -0.2) is 34.2 Å². The summed E-state index contributed by atoms with van der Waals surface area (Å²) in [5.41, 5.74) is 6.57. The number of nitrogens with zero attached hydrogens (tertiary/aromatic N) is 3. The van der Waals surface area contributed by atoms with Crippen LogP contribution < -0.4 is 5.43 Å². The Labute approximate surface area is 204 Å². The summed E-state index contributed by atoms with van der Waals surface area (Å²) in [4.78, 5) is 35.3. The molecule has 0 saturated heterocycles. The Morgan fingerprint density at radius 2 is 1.89 bits per heavy atom. The number of fused-ring (bicyclic) bond motifs is 1. The van der Waals surface area contributed by atoms with Gasteiger partial charge in [-0.1, -0.05) is 0 Å². The summed E-state index contributed by atoms with van der Waals surface area (Å²) >= 11 is 1.24. The van der Waals surface area contributed by atoms with Gasteiger partial charge < -0.3 is 9.30 Å². The number of ether oxygens (including phenoxy) is 1. The second-order valence-electron chi connectivity index (χ2n) is 7.72. The van der Waals surface area contributed by atoms with Crippen molar-refractivity contribution in [2.75, 3.05) is 6.61 Å². The lowest BCUT2D eigenvalue weighted by Crippen LogP contribution is -2.16. The largest absolute Gasteiger partial charge is 0.462 e. The number of benzene rings is 2. The quantitative estimate of drug-likeness (QED) is 0.166. The number of aryl methyl sites for hydroxylation is 1. The zero-order chi connectivity index (χ0) is 25.1. The van der Waals surface area contributed by atoms with Gasteiger partial charge in [0.1, 0.15) is 0 Å². The number of hydrazone groups is 1. The van der Waals surface area contributed by atoms with E-state index in [1.54, 1.807) is 37.4 Å². The molecule has 1 amide bonds. The van der Waals surface area contributed by atoms with E-state index in [1.807, 2.05) is 36.6 Å². The molecule has 0 atom stereocenters. The van der Waals surface area contributed by atoms with Gasteiger partial charge in [-0.25, -0.2) is 10.2 Å². The molecule has 4 rings (SSSR count). The van der Waals surface area contributed by atoms with E-state index < -0.39 is 10.8 Å². The number of amides is 1. The Bertz CT molecular complexity index is 1470. The minimum atomic E-state index is -0.466. The summed E-state index contributed by atoms with van der Waals surface area (Å²) in [6.07, 6.45) is 1.57. The summed E-state index contributed by atoms with van der Waals surface area (Å²) in [7, 11) is 0. The number of hydrogen-bond donors (Lipinski definition) is 1. The highest BCUT2D eigenvalue weighted by Crippen LogP contribution is 2.29. The molecule has 0 aliphatic rings. The molecule has 178 valence electrons. The van der Waals surface area contributed by atoms with Crippen molar-refractivity contribution in [1.82, 2.24) is 9.99 Å². The van der Waals surface area contributed by atoms with Crippen LogP contribution in [0.4, 0.5) is 5.69 Å². The van der Waals surface area contributed by atoms with E-state index in [4.69, 9.17) is 4.74 Å². The molecular weight excluding hydrogens is 468 g/mol. The van der Waals surface area contributed by atoms with Crippen LogP contribution in [0.5, 0.6) is 0 Å². The number of rotatable bonds is 7. The number of thiophene rings is 1. The highest BCUT2D eigenvalue weighted by atomic mass is 32.1. The van der Waals surface area contributed by atoms with Gasteiger partial charge in [0.05, 0.1) is 28.2 Å². The third kappa shape index (κ3) is 4.97. The van der Waals surface area contributed by atoms with Gasteiger partial charge in [-0.15, -0.1) is 11.3 Å². The number of nitro benzene ring substituents is 1. The monoisotopic (exact) mass is 490 g/mol. The molecule has 0 radical (unpaired) electrons. The maximum atomic E-state index is 12.5. The lowest BCUT2D eigenvalue weighted by molar-refractivity contribution is -0.384. The first kappa shape index (κ1) is 23.8. The Hall–Kier alpha value is -4.31. The van der Waals surface area contributed by atoms with Gasteiger partial charge in [-0.2, -0.15) is 5.10 Å². The third-order valence-electron chi connectivity index (χ3n) is 5.41. The number of non-ortho nitro benzene ring substituents is 1. The number of carbonyl (C=O) groups is 2. The fourth-order valence-electron chi connectivity index (χ4n) is 3.75. The van der Waals surface area contributed by atoms with Crippen molar-refractivity contribution in [3.8, 4) is 5.69 Å². The molecule has 9 nitrogen and oxygen atoms in total. The molecular formula is C25H22N4O5S. The van der Waals surface area contributed by atoms with E-state index in [0.29, 0.717) is 22.4 Å². The van der Waals surface area contributed by atoms with Gasteiger partial charge >= 0.3 is 5.97 Å². The van der Waals surface area contributed by atoms with E-state index in [1.165, 1.54) is 23.5 Å². The summed E-state index contributed by atoms with van der Waals surface area (Å²) in [6.45, 7) is 5.98. The van der Waals surface area contributed by atoms with Crippen LogP contribution >= 0.6 is 11.3 Å². The molecule has 0 spiro atoms. The molecule has 2 aromatic heterocycles. The van der Waals surface area contributed by atoms with E-state index in [0.717, 1.165) is 27.3 Å². The Morgan fingerprint density at radius 1 is 1.14 bits per heavy atom. The first-order valence-electron chi connectivity index (χ1n) is 10.8. The molecule has 0 fully saturated rings. The van der Waals surface area contributed by atoms with Crippen molar-refractivity contribution in [3.05, 3.63) is 92.1 Å². The normalized spacial score (nSPS) is 11.2. The second-order valence-corrected chi connectivity index (χ2v) is 8.80. The first-order chi connectivity index (χ1) is 16.8. The maximum absolute atomic E-state index is 12.5. The molecule has 10 heteroatoms. The average molecular weight is 491 g/mol. The number of carbonyl (C=O) groups excluding carboxylic acids is 2. The van der Waals surface area contributed by atoms with Crippen LogP contribution in [0, 0.1) is 24.0 Å². The van der Waals surface area contributed by atoms with Gasteiger partial charge in [0.15, 0.2) is 0 Å². The molecule has 0 aliphatic carbocycles. The molecule has 0 aliphatic heterocycles. The van der Waals surface area contributed by atoms with Crippen molar-refractivity contribution in [3.63, 3.8) is 0 Å². The zero-order valence-corrected chi connectivity index (χ0v) is 20.1. The van der Waals surface area contributed by atoms with Crippen LogP contribution in [0.15, 0.2) is 59.7 Å². The van der Waals surface area contributed by atoms with Gasteiger partial charge in [-0.3, -0.25) is 14.9 Å². The molecule has 0 unspecified atom stereocenters. The van der Waals surface area contributed by atoms with E-state index in [9.17, 15) is 19.7 Å². The first-order valence-corrected chi connectivity index (χ1v) is 11.6. The number of nitro groups is 1. The highest BCUT2D eigenvalue weighted by molar-refractivity contribution is 7.20. The maximum Gasteiger partial charge on any atom is 0.338 e. The summed E-state index contributed by atoms with van der Waals surface area (Å²) in [5, 5.41) is 15.7. The third-order valence-corrected chi connectivity index (χ3v) is 6.53. The number of nitrogens with one attached hydrogen (secondary N) is 1. The van der Waals surface area contributed by atoms with Crippen LogP contribution in [0.25, 0.3) is 15.8 Å². The topological polar surface area (TPSA) is 116 Å². The Morgan fingerprint density at radius 3 is 2.57 bits per heavy atom. The molecule has 2 heterocycles. The molecule has 4 aromatic rings. The SMILES string of the molecule is CCOC(=O)c1ccc(-n2c(C)cc(/C=N\NC(=O)c3cc4cc([N+](=O)[O-])ccc4s3)c2C)cc1. The van der Waals surface area contributed by atoms with Crippen molar-refractivity contribution in [2.45, 2.75) is 20.8 Å². The second kappa shape index (κ2) is 9.90. The summed E-state index contributed by atoms with van der Waals surface area (Å²) in [5.74, 6) is -0.756. The predicted octanol–water partition coefficient (Wildman–Crippen LogP) is 5.16. The van der Waals surface area contributed by atoms with Crippen LogP contribution in [-0.2, 0) is 4.74 Å².